The predicted octanol–water partition coefficient (Wildman–Crippen LogP) is 2.43. The molecule has 1 unspecified atom stereocenters. The Labute approximate surface area is 128 Å². The zero-order valence-corrected chi connectivity index (χ0v) is 13.2. The van der Waals surface area contributed by atoms with Crippen LogP contribution in [0.4, 0.5) is 0 Å². The average Bonchev–Trinajstić information content (AvgIpc) is 2.90. The van der Waals surface area contributed by atoms with E-state index in [1.54, 1.807) is 15.7 Å². The van der Waals surface area contributed by atoms with E-state index in [0.29, 0.717) is 29.4 Å². The summed E-state index contributed by atoms with van der Waals surface area (Å²) >= 11 is 5.27. The molecule has 7 heteroatoms. The molecule has 2 heterocycles. The molecule has 2 rings (SSSR count). The summed E-state index contributed by atoms with van der Waals surface area (Å²) in [6, 6.07) is 5.13. The van der Waals surface area contributed by atoms with Crippen molar-refractivity contribution in [3.05, 3.63) is 29.2 Å². The van der Waals surface area contributed by atoms with Crippen LogP contribution in [0, 0.1) is 4.77 Å². The van der Waals surface area contributed by atoms with Crippen molar-refractivity contribution in [2.24, 2.45) is 0 Å². The fourth-order valence-electron chi connectivity index (χ4n) is 2.25. The summed E-state index contributed by atoms with van der Waals surface area (Å²) in [5.74, 6) is 0.600. The van der Waals surface area contributed by atoms with Gasteiger partial charge in [-0.3, -0.25) is 19.4 Å². The Morgan fingerprint density at radius 2 is 2.14 bits per heavy atom. The lowest BCUT2D eigenvalue weighted by Gasteiger charge is -2.24. The summed E-state index contributed by atoms with van der Waals surface area (Å²) in [6.45, 7) is 7.09. The van der Waals surface area contributed by atoms with Gasteiger partial charge in [-0.25, -0.2) is 0 Å². The molecule has 0 aliphatic heterocycles. The first-order valence-electron chi connectivity index (χ1n) is 6.97. The highest BCUT2D eigenvalue weighted by molar-refractivity contribution is 7.71. The van der Waals surface area contributed by atoms with Crippen LogP contribution < -0.4 is 0 Å². The first-order chi connectivity index (χ1) is 10.1. The van der Waals surface area contributed by atoms with Gasteiger partial charge in [0.05, 0.1) is 0 Å². The highest BCUT2D eigenvalue weighted by Gasteiger charge is 2.24. The quantitative estimate of drug-likeness (QED) is 0.862. The van der Waals surface area contributed by atoms with E-state index in [-0.39, 0.29) is 5.91 Å². The number of amides is 1. The molecule has 0 radical (unpaired) electrons. The van der Waals surface area contributed by atoms with E-state index >= 15 is 0 Å². The van der Waals surface area contributed by atoms with Crippen molar-refractivity contribution in [1.82, 2.24) is 24.6 Å². The normalized spacial score (nSPS) is 12.1. The van der Waals surface area contributed by atoms with Crippen molar-refractivity contribution in [3.63, 3.8) is 0 Å². The second kappa shape index (κ2) is 6.62. The van der Waals surface area contributed by atoms with Crippen LogP contribution >= 0.6 is 12.2 Å². The van der Waals surface area contributed by atoms with Gasteiger partial charge in [0.2, 0.25) is 5.91 Å². The number of aromatic amines is 1. The number of nitrogens with one attached hydrogen (secondary N) is 1. The Hall–Kier alpha value is -2.02. The van der Waals surface area contributed by atoms with Crippen LogP contribution in [0.15, 0.2) is 24.4 Å². The minimum Gasteiger partial charge on any atom is -0.341 e. The number of pyridine rings is 1. The Balaban J connectivity index is 2.43. The molecule has 1 amide bonds. The van der Waals surface area contributed by atoms with Gasteiger partial charge in [-0.1, -0.05) is 6.07 Å². The maximum Gasteiger partial charge on any atom is 0.245 e. The Morgan fingerprint density at radius 1 is 1.43 bits per heavy atom. The third-order valence-electron chi connectivity index (χ3n) is 3.42. The zero-order chi connectivity index (χ0) is 15.4. The lowest BCUT2D eigenvalue weighted by molar-refractivity contribution is -0.133. The molecule has 0 spiro atoms. The van der Waals surface area contributed by atoms with Crippen LogP contribution in [-0.4, -0.2) is 43.6 Å². The zero-order valence-electron chi connectivity index (χ0n) is 12.4. The number of hydrogen-bond donors (Lipinski definition) is 1. The highest BCUT2D eigenvalue weighted by atomic mass is 32.1. The van der Waals surface area contributed by atoms with E-state index in [4.69, 9.17) is 12.2 Å². The topological polar surface area (TPSA) is 66.8 Å². The summed E-state index contributed by atoms with van der Waals surface area (Å²) in [4.78, 5) is 18.6. The van der Waals surface area contributed by atoms with Gasteiger partial charge in [0, 0.05) is 19.3 Å². The number of H-pyrrole nitrogens is 1. The van der Waals surface area contributed by atoms with Crippen molar-refractivity contribution < 1.29 is 4.79 Å². The predicted molar refractivity (Wildman–Crippen MR) is 83.3 cm³/mol. The first kappa shape index (κ1) is 15.4. The molecule has 0 aliphatic rings. The van der Waals surface area contributed by atoms with Crippen molar-refractivity contribution >= 4 is 18.1 Å². The number of likely N-dealkylation sites (N-methyl/N-ethyl adjacent to an activating group) is 1. The fraction of sp³-hybridized carbons (Fsp3) is 0.429. The molecule has 0 saturated carbocycles. The van der Waals surface area contributed by atoms with Gasteiger partial charge in [-0.15, -0.1) is 0 Å². The van der Waals surface area contributed by atoms with Gasteiger partial charge >= 0.3 is 0 Å². The maximum absolute atomic E-state index is 12.5. The number of nitrogens with zero attached hydrogens (tertiary/aromatic N) is 4. The minimum absolute atomic E-state index is 0.0229. The van der Waals surface area contributed by atoms with E-state index in [9.17, 15) is 4.79 Å². The molecule has 0 bridgehead atoms. The van der Waals surface area contributed by atoms with Crippen LogP contribution in [0.25, 0.3) is 11.5 Å². The number of aromatic nitrogens is 4. The molecule has 1 atom stereocenters. The smallest absolute Gasteiger partial charge is 0.245 e. The monoisotopic (exact) mass is 305 g/mol. The molecule has 0 aliphatic carbocycles. The van der Waals surface area contributed by atoms with Gasteiger partial charge < -0.3 is 4.90 Å². The molecule has 21 heavy (non-hydrogen) atoms. The van der Waals surface area contributed by atoms with Crippen molar-refractivity contribution in [2.45, 2.75) is 26.8 Å². The van der Waals surface area contributed by atoms with Gasteiger partial charge in [-0.2, -0.15) is 5.10 Å². The molecular weight excluding hydrogens is 286 g/mol. The molecule has 112 valence electrons. The fourth-order valence-corrected chi connectivity index (χ4v) is 2.54. The molecular formula is C14H19N5OS. The Kier molecular flexibility index (Phi) is 4.85. The Bertz CT molecular complexity index is 660. The molecule has 0 saturated heterocycles. The number of carbonyl (C=O) groups is 1. The van der Waals surface area contributed by atoms with Crippen LogP contribution in [0.5, 0.6) is 0 Å². The SMILES string of the molecule is CCN(CC)C(=O)C(C)n1c(-c2ccccn2)n[nH]c1=S. The minimum atomic E-state index is -0.423. The van der Waals surface area contributed by atoms with Crippen molar-refractivity contribution in [2.75, 3.05) is 13.1 Å². The molecule has 2 aromatic heterocycles. The van der Waals surface area contributed by atoms with Gasteiger partial charge in [0.1, 0.15) is 11.7 Å². The molecule has 1 N–H and O–H groups in total. The third kappa shape index (κ3) is 3.02. The second-order valence-electron chi connectivity index (χ2n) is 4.62. The summed E-state index contributed by atoms with van der Waals surface area (Å²) in [5.41, 5.74) is 0.684. The van der Waals surface area contributed by atoms with Crippen LogP contribution in [0.3, 0.4) is 0 Å². The molecule has 0 fully saturated rings. The van der Waals surface area contributed by atoms with Gasteiger partial charge in [0.15, 0.2) is 10.6 Å². The van der Waals surface area contributed by atoms with Crippen molar-refractivity contribution in [1.29, 1.82) is 0 Å². The average molecular weight is 305 g/mol. The van der Waals surface area contributed by atoms with E-state index in [0.717, 1.165) is 0 Å². The number of carbonyl (C=O) groups excluding carboxylic acids is 1. The second-order valence-corrected chi connectivity index (χ2v) is 5.01. The number of hydrogen-bond acceptors (Lipinski definition) is 4. The summed E-state index contributed by atoms with van der Waals surface area (Å²) in [5, 5.41) is 6.96. The van der Waals surface area contributed by atoms with Crippen LogP contribution in [0.2, 0.25) is 0 Å². The van der Waals surface area contributed by atoms with Crippen LogP contribution in [0.1, 0.15) is 26.8 Å². The van der Waals surface area contributed by atoms with E-state index in [1.165, 1.54) is 0 Å². The largest absolute Gasteiger partial charge is 0.341 e. The maximum atomic E-state index is 12.5. The van der Waals surface area contributed by atoms with E-state index in [1.807, 2.05) is 39.0 Å². The highest BCUT2D eigenvalue weighted by Crippen LogP contribution is 2.20. The summed E-state index contributed by atoms with van der Waals surface area (Å²) in [6.07, 6.45) is 1.69. The van der Waals surface area contributed by atoms with Gasteiger partial charge in [0.25, 0.3) is 0 Å². The van der Waals surface area contributed by atoms with Crippen molar-refractivity contribution in [3.8, 4) is 11.5 Å². The number of rotatable bonds is 5. The van der Waals surface area contributed by atoms with Gasteiger partial charge in [-0.05, 0) is 45.1 Å². The third-order valence-corrected chi connectivity index (χ3v) is 3.71. The van der Waals surface area contributed by atoms with E-state index < -0.39 is 6.04 Å². The standard InChI is InChI=1S/C14H19N5OS/c1-4-18(5-2)13(20)10(3)19-12(16-17-14(19)21)11-8-6-7-9-15-11/h6-10H,4-5H2,1-3H3,(H,17,21). The summed E-state index contributed by atoms with van der Waals surface area (Å²) in [7, 11) is 0. The Morgan fingerprint density at radius 3 is 2.71 bits per heavy atom. The lowest BCUT2D eigenvalue weighted by atomic mass is 10.2. The first-order valence-corrected chi connectivity index (χ1v) is 7.38. The van der Waals surface area contributed by atoms with Crippen LogP contribution in [-0.2, 0) is 4.79 Å². The lowest BCUT2D eigenvalue weighted by Crippen LogP contribution is -2.36. The molecule has 6 nitrogen and oxygen atoms in total. The molecule has 0 aromatic carbocycles. The molecule has 2 aromatic rings. The van der Waals surface area contributed by atoms with E-state index in [2.05, 4.69) is 15.2 Å². The summed E-state index contributed by atoms with van der Waals surface area (Å²) < 4.78 is 2.14.